The molecule has 1 aromatic rings. The van der Waals surface area contributed by atoms with Gasteiger partial charge in [-0.25, -0.2) is 0 Å². The van der Waals surface area contributed by atoms with Gasteiger partial charge in [-0.3, -0.25) is 9.48 Å². The molecule has 0 radical (unpaired) electrons. The maximum atomic E-state index is 11.5. The summed E-state index contributed by atoms with van der Waals surface area (Å²) in [4.78, 5) is 11.5. The van der Waals surface area contributed by atoms with Crippen molar-refractivity contribution in [1.29, 1.82) is 0 Å². The topological polar surface area (TPSA) is 55.1 Å². The third kappa shape index (κ3) is 2.53. The van der Waals surface area contributed by atoms with Crippen molar-refractivity contribution in [2.45, 2.75) is 53.5 Å². The predicted molar refractivity (Wildman–Crippen MR) is 72.0 cm³/mol. The van der Waals surface area contributed by atoms with E-state index in [1.54, 1.807) is 4.68 Å². The molecule has 1 N–H and O–H groups in total. The number of halogens is 1. The summed E-state index contributed by atoms with van der Waals surface area (Å²) in [6.07, 6.45) is 1.61. The SMILES string of the molecule is CCn1nc(C)c(Cl)c1CC(CC)(CC)C(=O)O. The smallest absolute Gasteiger partial charge is 0.310 e. The Hall–Kier alpha value is -1.03. The molecular weight excluding hydrogens is 252 g/mol. The number of carboxylic acids is 1. The van der Waals surface area contributed by atoms with Gasteiger partial charge in [0.1, 0.15) is 0 Å². The second-order valence-electron chi connectivity index (χ2n) is 4.63. The molecule has 0 fully saturated rings. The zero-order valence-electron chi connectivity index (χ0n) is 11.5. The van der Waals surface area contributed by atoms with Crippen molar-refractivity contribution in [2.24, 2.45) is 5.41 Å². The number of hydrogen-bond acceptors (Lipinski definition) is 2. The highest BCUT2D eigenvalue weighted by atomic mass is 35.5. The van der Waals surface area contributed by atoms with Gasteiger partial charge < -0.3 is 5.11 Å². The summed E-state index contributed by atoms with van der Waals surface area (Å²) in [5.74, 6) is -0.759. The third-order valence-electron chi connectivity index (χ3n) is 3.77. The molecule has 0 aliphatic heterocycles. The Morgan fingerprint density at radius 2 is 1.94 bits per heavy atom. The molecule has 0 unspecified atom stereocenters. The highest BCUT2D eigenvalue weighted by Gasteiger charge is 2.37. The van der Waals surface area contributed by atoms with Crippen molar-refractivity contribution in [3.8, 4) is 0 Å². The van der Waals surface area contributed by atoms with Gasteiger partial charge >= 0.3 is 5.97 Å². The maximum Gasteiger partial charge on any atom is 0.310 e. The molecule has 4 nitrogen and oxygen atoms in total. The summed E-state index contributed by atoms with van der Waals surface area (Å²) in [5.41, 5.74) is 0.853. The van der Waals surface area contributed by atoms with Gasteiger partial charge in [0.05, 0.1) is 21.8 Å². The van der Waals surface area contributed by atoms with Crippen LogP contribution in [0, 0.1) is 12.3 Å². The van der Waals surface area contributed by atoms with E-state index in [0.717, 1.165) is 11.4 Å². The maximum absolute atomic E-state index is 11.5. The van der Waals surface area contributed by atoms with Crippen LogP contribution in [0.2, 0.25) is 5.02 Å². The van der Waals surface area contributed by atoms with E-state index in [1.165, 1.54) is 0 Å². The zero-order chi connectivity index (χ0) is 13.9. The number of carboxylic acid groups (broad SMARTS) is 1. The Kier molecular flexibility index (Phi) is 4.79. The Morgan fingerprint density at radius 1 is 1.39 bits per heavy atom. The predicted octanol–water partition coefficient (Wildman–Crippen LogP) is 3.30. The summed E-state index contributed by atoms with van der Waals surface area (Å²) in [6, 6.07) is 0. The first-order valence-corrected chi connectivity index (χ1v) is 6.74. The number of carbonyl (C=O) groups is 1. The molecule has 18 heavy (non-hydrogen) atoms. The fraction of sp³-hybridized carbons (Fsp3) is 0.692. The molecule has 0 bridgehead atoms. The average Bonchev–Trinajstić information content (AvgIpc) is 2.62. The molecule has 0 atom stereocenters. The second kappa shape index (κ2) is 5.74. The van der Waals surface area contributed by atoms with Gasteiger partial charge in [-0.15, -0.1) is 0 Å². The Labute approximate surface area is 113 Å². The first-order valence-electron chi connectivity index (χ1n) is 6.37. The molecule has 102 valence electrons. The summed E-state index contributed by atoms with van der Waals surface area (Å²) in [7, 11) is 0. The highest BCUT2D eigenvalue weighted by molar-refractivity contribution is 6.31. The third-order valence-corrected chi connectivity index (χ3v) is 4.26. The number of rotatable bonds is 6. The molecule has 0 spiro atoms. The lowest BCUT2D eigenvalue weighted by atomic mass is 9.78. The lowest BCUT2D eigenvalue weighted by Crippen LogP contribution is -2.33. The molecule has 0 saturated carbocycles. The zero-order valence-corrected chi connectivity index (χ0v) is 12.2. The van der Waals surface area contributed by atoms with Gasteiger partial charge in [0, 0.05) is 13.0 Å². The minimum absolute atomic E-state index is 0.433. The van der Waals surface area contributed by atoms with Gasteiger partial charge in [0.2, 0.25) is 0 Å². The normalized spacial score (nSPS) is 11.8. The molecule has 0 saturated heterocycles. The quantitative estimate of drug-likeness (QED) is 0.864. The van der Waals surface area contributed by atoms with E-state index in [9.17, 15) is 9.90 Å². The second-order valence-corrected chi connectivity index (χ2v) is 5.01. The van der Waals surface area contributed by atoms with E-state index in [4.69, 9.17) is 11.6 Å². The number of aliphatic carboxylic acids is 1. The van der Waals surface area contributed by atoms with E-state index in [1.807, 2.05) is 27.7 Å². The molecule has 0 aliphatic rings. The average molecular weight is 273 g/mol. The van der Waals surface area contributed by atoms with Crippen LogP contribution in [0.5, 0.6) is 0 Å². The van der Waals surface area contributed by atoms with Gasteiger partial charge in [-0.05, 0) is 26.7 Å². The van der Waals surface area contributed by atoms with Crippen molar-refractivity contribution in [3.05, 3.63) is 16.4 Å². The molecule has 1 heterocycles. The van der Waals surface area contributed by atoms with Gasteiger partial charge in [-0.2, -0.15) is 5.10 Å². The molecule has 1 rings (SSSR count). The molecule has 0 aliphatic carbocycles. The summed E-state index contributed by atoms with van der Waals surface area (Å²) < 4.78 is 1.81. The van der Waals surface area contributed by atoms with Crippen molar-refractivity contribution in [1.82, 2.24) is 9.78 Å². The van der Waals surface area contributed by atoms with Gasteiger partial charge in [0.25, 0.3) is 0 Å². The van der Waals surface area contributed by atoms with Crippen LogP contribution in [0.4, 0.5) is 0 Å². The number of hydrogen-bond donors (Lipinski definition) is 1. The van der Waals surface area contributed by atoms with Crippen LogP contribution in [0.3, 0.4) is 0 Å². The van der Waals surface area contributed by atoms with E-state index in [-0.39, 0.29) is 0 Å². The van der Waals surface area contributed by atoms with Gasteiger partial charge in [-0.1, -0.05) is 25.4 Å². The Bertz CT molecular complexity index is 436. The van der Waals surface area contributed by atoms with Crippen molar-refractivity contribution in [3.63, 3.8) is 0 Å². The van der Waals surface area contributed by atoms with Crippen LogP contribution in [-0.4, -0.2) is 20.9 Å². The Morgan fingerprint density at radius 3 is 2.33 bits per heavy atom. The van der Waals surface area contributed by atoms with Crippen LogP contribution in [0.1, 0.15) is 45.0 Å². The van der Waals surface area contributed by atoms with Crippen LogP contribution in [0.25, 0.3) is 0 Å². The fourth-order valence-electron chi connectivity index (χ4n) is 2.24. The van der Waals surface area contributed by atoms with Crippen LogP contribution < -0.4 is 0 Å². The fourth-order valence-corrected chi connectivity index (χ4v) is 2.44. The first-order chi connectivity index (χ1) is 8.41. The van der Waals surface area contributed by atoms with Crippen LogP contribution in [-0.2, 0) is 17.8 Å². The molecule has 0 amide bonds. The van der Waals surface area contributed by atoms with Crippen molar-refractivity contribution >= 4 is 17.6 Å². The number of nitrogens with zero attached hydrogens (tertiary/aromatic N) is 2. The lowest BCUT2D eigenvalue weighted by molar-refractivity contribution is -0.149. The number of aromatic nitrogens is 2. The Balaban J connectivity index is 3.19. The summed E-state index contributed by atoms with van der Waals surface area (Å²) in [6.45, 7) is 8.34. The van der Waals surface area contributed by atoms with Crippen LogP contribution in [0.15, 0.2) is 0 Å². The van der Waals surface area contributed by atoms with Gasteiger partial charge in [0.15, 0.2) is 0 Å². The molecular formula is C13H21ClN2O2. The van der Waals surface area contributed by atoms with E-state index in [2.05, 4.69) is 5.10 Å². The van der Waals surface area contributed by atoms with Crippen LogP contribution >= 0.6 is 11.6 Å². The number of aryl methyl sites for hydroxylation is 2. The van der Waals surface area contributed by atoms with Crippen molar-refractivity contribution in [2.75, 3.05) is 0 Å². The monoisotopic (exact) mass is 272 g/mol. The highest BCUT2D eigenvalue weighted by Crippen LogP contribution is 2.34. The minimum Gasteiger partial charge on any atom is -0.481 e. The summed E-state index contributed by atoms with van der Waals surface area (Å²) in [5, 5.41) is 14.4. The standard InChI is InChI=1S/C13H21ClN2O2/c1-5-13(6-2,12(17)18)8-10-11(14)9(4)15-16(10)7-3/h5-8H2,1-4H3,(H,17,18). The minimum atomic E-state index is -0.759. The lowest BCUT2D eigenvalue weighted by Gasteiger charge is -2.27. The molecule has 5 heteroatoms. The first kappa shape index (κ1) is 15.0. The van der Waals surface area contributed by atoms with E-state index in [0.29, 0.717) is 30.8 Å². The van der Waals surface area contributed by atoms with E-state index < -0.39 is 11.4 Å². The summed E-state index contributed by atoms with van der Waals surface area (Å²) >= 11 is 6.24. The van der Waals surface area contributed by atoms with E-state index >= 15 is 0 Å². The molecule has 0 aromatic carbocycles. The molecule has 1 aromatic heterocycles. The largest absolute Gasteiger partial charge is 0.481 e. The van der Waals surface area contributed by atoms with Crippen molar-refractivity contribution < 1.29 is 9.90 Å².